The number of urea groups is 1. The number of aliphatic hydroxyl groups is 1. The van der Waals surface area contributed by atoms with Gasteiger partial charge in [-0.3, -0.25) is 4.79 Å². The lowest BCUT2D eigenvalue weighted by atomic mass is 10.2. The number of sulfone groups is 1. The van der Waals surface area contributed by atoms with Gasteiger partial charge in [0.15, 0.2) is 15.7 Å². The van der Waals surface area contributed by atoms with Crippen molar-refractivity contribution in [2.24, 2.45) is 5.73 Å². The minimum Gasteiger partial charge on any atom is -0.394 e. The van der Waals surface area contributed by atoms with Crippen molar-refractivity contribution < 1.29 is 23.1 Å². The highest BCUT2D eigenvalue weighted by Crippen LogP contribution is 2.22. The molecule has 172 valence electrons. The number of hydrogen-bond acceptors (Lipinski definition) is 8. The zero-order valence-electron chi connectivity index (χ0n) is 17.5. The SMILES string of the molecule is C[C@@H](CO)Nc1cc(CS(=O)(=O)CC(N)=O)nc(-c2ccc(NC(=O)NC3CC3)cc2)n1. The molecule has 1 fully saturated rings. The summed E-state index contributed by atoms with van der Waals surface area (Å²) in [4.78, 5) is 31.7. The number of nitrogens with two attached hydrogens (primary N) is 1. The number of carbonyl (C=O) groups is 2. The van der Waals surface area contributed by atoms with Crippen LogP contribution in [0.25, 0.3) is 11.4 Å². The van der Waals surface area contributed by atoms with E-state index in [1.165, 1.54) is 6.07 Å². The molecule has 1 aromatic carbocycles. The number of rotatable bonds is 10. The van der Waals surface area contributed by atoms with Gasteiger partial charge >= 0.3 is 6.03 Å². The smallest absolute Gasteiger partial charge is 0.319 e. The summed E-state index contributed by atoms with van der Waals surface area (Å²) in [5.41, 5.74) is 6.37. The Bertz CT molecular complexity index is 1090. The van der Waals surface area contributed by atoms with Crippen molar-refractivity contribution in [1.29, 1.82) is 0 Å². The predicted octanol–water partition coefficient (Wildman–Crippen LogP) is 0.620. The van der Waals surface area contributed by atoms with Crippen LogP contribution in [0.1, 0.15) is 25.5 Å². The first-order valence-electron chi connectivity index (χ1n) is 10.1. The lowest BCUT2D eigenvalue weighted by Crippen LogP contribution is -2.30. The third kappa shape index (κ3) is 7.17. The molecule has 0 saturated heterocycles. The second-order valence-corrected chi connectivity index (χ2v) is 9.81. The molecule has 2 aromatic rings. The number of nitrogens with zero attached hydrogens (tertiary/aromatic N) is 2. The molecule has 1 aromatic heterocycles. The molecule has 6 N–H and O–H groups in total. The molecule has 1 aliphatic carbocycles. The number of amides is 3. The van der Waals surface area contributed by atoms with Gasteiger partial charge < -0.3 is 26.8 Å². The Morgan fingerprint density at radius 3 is 2.50 bits per heavy atom. The minimum absolute atomic E-state index is 0.155. The topological polar surface area (TPSA) is 176 Å². The van der Waals surface area contributed by atoms with Crippen molar-refractivity contribution in [2.45, 2.75) is 37.6 Å². The molecule has 0 radical (unpaired) electrons. The summed E-state index contributed by atoms with van der Waals surface area (Å²) >= 11 is 0. The van der Waals surface area contributed by atoms with E-state index < -0.39 is 27.3 Å². The molecule has 1 aliphatic rings. The van der Waals surface area contributed by atoms with E-state index in [4.69, 9.17) is 5.73 Å². The fourth-order valence-corrected chi connectivity index (χ4v) is 3.98. The van der Waals surface area contributed by atoms with E-state index in [0.29, 0.717) is 17.1 Å². The Hall–Kier alpha value is -3.25. The Balaban J connectivity index is 1.83. The lowest BCUT2D eigenvalue weighted by Gasteiger charge is -2.14. The third-order valence-electron chi connectivity index (χ3n) is 4.49. The molecule has 3 amide bonds. The van der Waals surface area contributed by atoms with Gasteiger partial charge in [0, 0.05) is 29.4 Å². The van der Waals surface area contributed by atoms with E-state index in [0.717, 1.165) is 12.8 Å². The van der Waals surface area contributed by atoms with Gasteiger partial charge in [-0.15, -0.1) is 0 Å². The van der Waals surface area contributed by atoms with Crippen molar-refractivity contribution >= 4 is 33.3 Å². The molecule has 0 aliphatic heterocycles. The molecule has 12 heteroatoms. The standard InChI is InChI=1S/C20H26N6O5S/c1-12(9-27)22-18-8-16(10-32(30,31)11-17(21)28)23-19(26-18)13-2-4-14(5-3-13)24-20(29)25-15-6-7-15/h2-5,8,12,15,27H,6-7,9-11H2,1H3,(H2,21,28)(H,22,23,26)(H2,24,25,29)/t12-/m0/s1. The second kappa shape index (κ2) is 9.92. The van der Waals surface area contributed by atoms with E-state index in [-0.39, 0.29) is 36.2 Å². The van der Waals surface area contributed by atoms with Crippen LogP contribution in [-0.4, -0.2) is 59.9 Å². The maximum atomic E-state index is 12.2. The zero-order chi connectivity index (χ0) is 23.3. The van der Waals surface area contributed by atoms with Crippen molar-refractivity contribution in [3.8, 4) is 11.4 Å². The maximum Gasteiger partial charge on any atom is 0.319 e. The maximum absolute atomic E-state index is 12.2. The van der Waals surface area contributed by atoms with Crippen LogP contribution < -0.4 is 21.7 Å². The van der Waals surface area contributed by atoms with Crippen LogP contribution in [-0.2, 0) is 20.4 Å². The molecule has 1 atom stereocenters. The zero-order valence-corrected chi connectivity index (χ0v) is 18.4. The number of benzene rings is 1. The van der Waals surface area contributed by atoms with Gasteiger partial charge in [0.1, 0.15) is 11.6 Å². The van der Waals surface area contributed by atoms with Crippen LogP contribution in [0.3, 0.4) is 0 Å². The molecule has 0 bridgehead atoms. The fourth-order valence-electron chi connectivity index (χ4n) is 2.85. The van der Waals surface area contributed by atoms with E-state index in [2.05, 4.69) is 25.9 Å². The fraction of sp³-hybridized carbons (Fsp3) is 0.400. The Morgan fingerprint density at radius 1 is 1.22 bits per heavy atom. The first kappa shape index (κ1) is 23.4. The van der Waals surface area contributed by atoms with Crippen molar-refractivity contribution in [2.75, 3.05) is 23.0 Å². The van der Waals surface area contributed by atoms with E-state index in [1.54, 1.807) is 31.2 Å². The van der Waals surface area contributed by atoms with Gasteiger partial charge in [0.25, 0.3) is 0 Å². The second-order valence-electron chi connectivity index (χ2n) is 7.74. The van der Waals surface area contributed by atoms with Gasteiger partial charge in [-0.2, -0.15) is 0 Å². The minimum atomic E-state index is -3.81. The first-order valence-corrected chi connectivity index (χ1v) is 11.9. The van der Waals surface area contributed by atoms with Gasteiger partial charge in [0.05, 0.1) is 18.1 Å². The Morgan fingerprint density at radius 2 is 1.91 bits per heavy atom. The van der Waals surface area contributed by atoms with Gasteiger partial charge in [0.2, 0.25) is 5.91 Å². The predicted molar refractivity (Wildman–Crippen MR) is 120 cm³/mol. The largest absolute Gasteiger partial charge is 0.394 e. The average molecular weight is 463 g/mol. The number of anilines is 2. The Labute approximate surface area is 185 Å². The average Bonchev–Trinajstić information content (AvgIpc) is 3.50. The molecule has 1 heterocycles. The molecule has 0 unspecified atom stereocenters. The monoisotopic (exact) mass is 462 g/mol. The van der Waals surface area contributed by atoms with Crippen LogP contribution >= 0.6 is 0 Å². The van der Waals surface area contributed by atoms with Crippen LogP contribution in [0.4, 0.5) is 16.3 Å². The summed E-state index contributed by atoms with van der Waals surface area (Å²) in [5.74, 6) is -1.65. The number of hydrogen-bond donors (Lipinski definition) is 5. The number of primary amides is 1. The summed E-state index contributed by atoms with van der Waals surface area (Å²) in [6, 6.07) is 7.85. The van der Waals surface area contributed by atoms with E-state index in [9.17, 15) is 23.1 Å². The molecule has 0 spiro atoms. The summed E-state index contributed by atoms with van der Waals surface area (Å²) < 4.78 is 24.4. The van der Waals surface area contributed by atoms with E-state index >= 15 is 0 Å². The van der Waals surface area contributed by atoms with Crippen molar-refractivity contribution in [3.05, 3.63) is 36.0 Å². The number of nitrogens with one attached hydrogen (secondary N) is 3. The summed E-state index contributed by atoms with van der Waals surface area (Å²) in [6.07, 6.45) is 1.97. The van der Waals surface area contributed by atoms with Crippen LogP contribution in [0, 0.1) is 0 Å². The molecule has 32 heavy (non-hydrogen) atoms. The van der Waals surface area contributed by atoms with Crippen LogP contribution in [0.2, 0.25) is 0 Å². The van der Waals surface area contributed by atoms with E-state index in [1.807, 2.05) is 0 Å². The Kier molecular flexibility index (Phi) is 7.26. The highest BCUT2D eigenvalue weighted by atomic mass is 32.2. The number of aromatic nitrogens is 2. The summed E-state index contributed by atoms with van der Waals surface area (Å²) in [6.45, 7) is 1.58. The third-order valence-corrected chi connectivity index (χ3v) is 5.95. The molecule has 11 nitrogen and oxygen atoms in total. The van der Waals surface area contributed by atoms with Gasteiger partial charge in [-0.25, -0.2) is 23.2 Å². The lowest BCUT2D eigenvalue weighted by molar-refractivity contribution is -0.115. The molecular formula is C20H26N6O5S. The van der Waals surface area contributed by atoms with Crippen molar-refractivity contribution in [3.63, 3.8) is 0 Å². The summed E-state index contributed by atoms with van der Waals surface area (Å²) in [5, 5.41) is 17.9. The highest BCUT2D eigenvalue weighted by molar-refractivity contribution is 7.91. The first-order chi connectivity index (χ1) is 15.1. The normalized spacial score (nSPS) is 14.4. The quantitative estimate of drug-likeness (QED) is 0.341. The van der Waals surface area contributed by atoms with Gasteiger partial charge in [-0.05, 0) is 44.0 Å². The highest BCUT2D eigenvalue weighted by Gasteiger charge is 2.23. The number of aliphatic hydroxyl groups excluding tert-OH is 1. The van der Waals surface area contributed by atoms with Crippen LogP contribution in [0.5, 0.6) is 0 Å². The molecular weight excluding hydrogens is 436 g/mol. The molecule has 1 saturated carbocycles. The van der Waals surface area contributed by atoms with Crippen LogP contribution in [0.15, 0.2) is 30.3 Å². The van der Waals surface area contributed by atoms with Crippen molar-refractivity contribution in [1.82, 2.24) is 15.3 Å². The molecule has 3 rings (SSSR count). The number of carbonyl (C=O) groups excluding carboxylic acids is 2. The summed E-state index contributed by atoms with van der Waals surface area (Å²) in [7, 11) is -3.81. The van der Waals surface area contributed by atoms with Gasteiger partial charge in [-0.1, -0.05) is 0 Å².